The highest BCUT2D eigenvalue weighted by atomic mass is 79.9. The highest BCUT2D eigenvalue weighted by Gasteiger charge is 2.01. The Morgan fingerprint density at radius 3 is 2.80 bits per heavy atom. The molecule has 0 aromatic heterocycles. The minimum absolute atomic E-state index is 0.162. The Bertz CT molecular complexity index is 305. The van der Waals surface area contributed by atoms with Crippen LogP contribution in [0.5, 0.6) is 0 Å². The fourth-order valence-electron chi connectivity index (χ4n) is 1.28. The Hall–Kier alpha value is -0.450. The molecule has 0 spiro atoms. The molecule has 0 saturated heterocycles. The van der Waals surface area contributed by atoms with Crippen molar-refractivity contribution in [3.05, 3.63) is 34.1 Å². The van der Waals surface area contributed by atoms with Crippen molar-refractivity contribution in [2.45, 2.75) is 13.0 Å². The molecule has 0 saturated carbocycles. The molecule has 0 unspecified atom stereocenters. The van der Waals surface area contributed by atoms with Crippen LogP contribution in [0.15, 0.2) is 22.7 Å². The third-order valence-corrected chi connectivity index (χ3v) is 2.60. The van der Waals surface area contributed by atoms with Gasteiger partial charge in [-0.15, -0.1) is 0 Å². The third-order valence-electron chi connectivity index (χ3n) is 2.11. The first-order valence-corrected chi connectivity index (χ1v) is 5.82. The Kier molecular flexibility index (Phi) is 5.83. The summed E-state index contributed by atoms with van der Waals surface area (Å²) >= 11 is 3.23. The van der Waals surface area contributed by atoms with Gasteiger partial charge >= 0.3 is 0 Å². The van der Waals surface area contributed by atoms with Crippen LogP contribution in [0.25, 0.3) is 0 Å². The molecule has 0 heterocycles. The number of benzene rings is 1. The molecule has 0 aliphatic heterocycles. The second-order valence-corrected chi connectivity index (χ2v) is 4.29. The van der Waals surface area contributed by atoms with Crippen molar-refractivity contribution in [3.8, 4) is 0 Å². The molecule has 1 aromatic rings. The summed E-state index contributed by atoms with van der Waals surface area (Å²) in [6.07, 6.45) is 1.05. The highest BCUT2D eigenvalue weighted by molar-refractivity contribution is 9.10. The van der Waals surface area contributed by atoms with Crippen LogP contribution in [0.3, 0.4) is 0 Å². The predicted molar refractivity (Wildman–Crippen MR) is 64.4 cm³/mol. The third kappa shape index (κ3) is 4.73. The van der Waals surface area contributed by atoms with Crippen molar-refractivity contribution < 1.29 is 4.39 Å². The zero-order valence-electron chi connectivity index (χ0n) is 8.82. The lowest BCUT2D eigenvalue weighted by Crippen LogP contribution is -2.19. The van der Waals surface area contributed by atoms with Crippen molar-refractivity contribution in [1.82, 2.24) is 10.6 Å². The highest BCUT2D eigenvalue weighted by Crippen LogP contribution is 2.14. The van der Waals surface area contributed by atoms with Crippen molar-refractivity contribution in [3.63, 3.8) is 0 Å². The second kappa shape index (κ2) is 6.93. The Labute approximate surface area is 98.4 Å². The Balaban J connectivity index is 2.31. The molecule has 0 bridgehead atoms. The quantitative estimate of drug-likeness (QED) is 0.778. The maximum absolute atomic E-state index is 13.3. The largest absolute Gasteiger partial charge is 0.320 e. The normalized spacial score (nSPS) is 10.6. The first kappa shape index (κ1) is 12.6. The van der Waals surface area contributed by atoms with E-state index in [0.717, 1.165) is 24.0 Å². The van der Waals surface area contributed by atoms with Crippen LogP contribution in [0.4, 0.5) is 4.39 Å². The van der Waals surface area contributed by atoms with E-state index in [1.165, 1.54) is 6.07 Å². The smallest absolute Gasteiger partial charge is 0.128 e. The number of nitrogens with one attached hydrogen (secondary N) is 2. The molecule has 0 radical (unpaired) electrons. The maximum Gasteiger partial charge on any atom is 0.128 e. The summed E-state index contributed by atoms with van der Waals surface area (Å²) < 4.78 is 14.1. The van der Waals surface area contributed by atoms with Crippen LogP contribution in [0.2, 0.25) is 0 Å². The fraction of sp³-hybridized carbons (Fsp3) is 0.455. The number of halogens is 2. The minimum Gasteiger partial charge on any atom is -0.320 e. The van der Waals surface area contributed by atoms with Gasteiger partial charge in [0.2, 0.25) is 0 Å². The molecule has 15 heavy (non-hydrogen) atoms. The van der Waals surface area contributed by atoms with Gasteiger partial charge in [-0.25, -0.2) is 4.39 Å². The van der Waals surface area contributed by atoms with Crippen molar-refractivity contribution in [1.29, 1.82) is 0 Å². The number of hydrogen-bond acceptors (Lipinski definition) is 2. The summed E-state index contributed by atoms with van der Waals surface area (Å²) in [4.78, 5) is 0. The van der Waals surface area contributed by atoms with Gasteiger partial charge in [0.1, 0.15) is 5.82 Å². The monoisotopic (exact) mass is 274 g/mol. The van der Waals surface area contributed by atoms with Gasteiger partial charge in [-0.1, -0.05) is 22.0 Å². The zero-order chi connectivity index (χ0) is 11.1. The zero-order valence-corrected chi connectivity index (χ0v) is 10.4. The molecule has 1 aromatic carbocycles. The van der Waals surface area contributed by atoms with Gasteiger partial charge in [0.15, 0.2) is 0 Å². The van der Waals surface area contributed by atoms with Crippen LogP contribution in [0, 0.1) is 5.82 Å². The topological polar surface area (TPSA) is 24.1 Å². The standard InChI is InChI=1S/C11H16BrFN2/c1-14-5-2-6-15-8-9-3-4-10(12)7-11(9)13/h3-4,7,14-15H,2,5-6,8H2,1H3. The van der Waals surface area contributed by atoms with Crippen LogP contribution in [0.1, 0.15) is 12.0 Å². The van der Waals surface area contributed by atoms with Crippen molar-refractivity contribution in [2.75, 3.05) is 20.1 Å². The van der Waals surface area contributed by atoms with Crippen molar-refractivity contribution >= 4 is 15.9 Å². The molecule has 0 atom stereocenters. The summed E-state index contributed by atoms with van der Waals surface area (Å²) in [6, 6.07) is 5.14. The SMILES string of the molecule is CNCCCNCc1ccc(Br)cc1F. The molecule has 1 rings (SSSR count). The van der Waals surface area contributed by atoms with E-state index in [1.54, 1.807) is 6.07 Å². The molecule has 84 valence electrons. The molecule has 2 nitrogen and oxygen atoms in total. The van der Waals surface area contributed by atoms with Gasteiger partial charge < -0.3 is 10.6 Å². The van der Waals surface area contributed by atoms with E-state index < -0.39 is 0 Å². The van der Waals surface area contributed by atoms with Crippen LogP contribution >= 0.6 is 15.9 Å². The summed E-state index contributed by atoms with van der Waals surface area (Å²) in [5, 5.41) is 6.27. The lowest BCUT2D eigenvalue weighted by atomic mass is 10.2. The molecule has 0 amide bonds. The van der Waals surface area contributed by atoms with E-state index in [1.807, 2.05) is 13.1 Å². The molecule has 2 N–H and O–H groups in total. The Morgan fingerprint density at radius 1 is 1.33 bits per heavy atom. The van der Waals surface area contributed by atoms with Gasteiger partial charge in [0.25, 0.3) is 0 Å². The summed E-state index contributed by atoms with van der Waals surface area (Å²) in [6.45, 7) is 2.47. The van der Waals surface area contributed by atoms with Gasteiger partial charge in [-0.3, -0.25) is 0 Å². The second-order valence-electron chi connectivity index (χ2n) is 3.37. The molecule has 0 aliphatic carbocycles. The fourth-order valence-corrected chi connectivity index (χ4v) is 1.61. The number of rotatable bonds is 6. The summed E-state index contributed by atoms with van der Waals surface area (Å²) in [5.74, 6) is -0.162. The average Bonchev–Trinajstić information content (AvgIpc) is 2.20. The van der Waals surface area contributed by atoms with Crippen LogP contribution < -0.4 is 10.6 Å². The lowest BCUT2D eigenvalue weighted by molar-refractivity contribution is 0.576. The first-order chi connectivity index (χ1) is 7.24. The average molecular weight is 275 g/mol. The van der Waals surface area contributed by atoms with E-state index >= 15 is 0 Å². The van der Waals surface area contributed by atoms with Gasteiger partial charge in [-0.05, 0) is 38.7 Å². The molecular formula is C11H16BrFN2. The predicted octanol–water partition coefficient (Wildman–Crippen LogP) is 2.29. The summed E-state index contributed by atoms with van der Waals surface area (Å²) in [5.41, 5.74) is 0.711. The van der Waals surface area contributed by atoms with Crippen molar-refractivity contribution in [2.24, 2.45) is 0 Å². The van der Waals surface area contributed by atoms with E-state index in [4.69, 9.17) is 0 Å². The van der Waals surface area contributed by atoms with Gasteiger partial charge in [0.05, 0.1) is 0 Å². The van der Waals surface area contributed by atoms with Gasteiger partial charge in [0, 0.05) is 16.6 Å². The van der Waals surface area contributed by atoms with Crippen LogP contribution in [-0.2, 0) is 6.54 Å². The summed E-state index contributed by atoms with van der Waals surface area (Å²) in [7, 11) is 1.92. The maximum atomic E-state index is 13.3. The van der Waals surface area contributed by atoms with Gasteiger partial charge in [-0.2, -0.15) is 0 Å². The van der Waals surface area contributed by atoms with E-state index in [0.29, 0.717) is 12.1 Å². The first-order valence-electron chi connectivity index (χ1n) is 5.03. The van der Waals surface area contributed by atoms with E-state index in [-0.39, 0.29) is 5.82 Å². The Morgan fingerprint density at radius 2 is 2.13 bits per heavy atom. The number of hydrogen-bond donors (Lipinski definition) is 2. The van der Waals surface area contributed by atoms with E-state index in [9.17, 15) is 4.39 Å². The molecule has 0 fully saturated rings. The molecule has 4 heteroatoms. The minimum atomic E-state index is -0.162. The van der Waals surface area contributed by atoms with E-state index in [2.05, 4.69) is 26.6 Å². The lowest BCUT2D eigenvalue weighted by Gasteiger charge is -2.06. The molecule has 0 aliphatic rings. The van der Waals surface area contributed by atoms with Crippen LogP contribution in [-0.4, -0.2) is 20.1 Å². The molecular weight excluding hydrogens is 259 g/mol.